The molecule has 1 N–H and O–H groups in total. The fourth-order valence-corrected chi connectivity index (χ4v) is 2.44. The quantitative estimate of drug-likeness (QED) is 0.852. The van der Waals surface area contributed by atoms with Crippen molar-refractivity contribution in [2.75, 3.05) is 20.1 Å². The molecular weight excluding hydrogens is 288 g/mol. The van der Waals surface area contributed by atoms with Gasteiger partial charge in [0.1, 0.15) is 5.82 Å². The van der Waals surface area contributed by atoms with E-state index in [-0.39, 0.29) is 11.6 Å². The summed E-state index contributed by atoms with van der Waals surface area (Å²) in [5, 5.41) is 2.66. The highest BCUT2D eigenvalue weighted by Gasteiger charge is 2.32. The van der Waals surface area contributed by atoms with Crippen molar-refractivity contribution in [3.8, 4) is 0 Å². The Labute approximate surface area is 119 Å². The van der Waals surface area contributed by atoms with Crippen LogP contribution in [0.5, 0.6) is 0 Å². The summed E-state index contributed by atoms with van der Waals surface area (Å²) >= 11 is 0. The minimum atomic E-state index is -4.68. The molecule has 1 unspecified atom stereocenters. The molecule has 7 heteroatoms. The molecule has 1 saturated heterocycles. The molecule has 1 aliphatic heterocycles. The van der Waals surface area contributed by atoms with Crippen molar-refractivity contribution in [1.29, 1.82) is 0 Å². The van der Waals surface area contributed by atoms with Gasteiger partial charge in [0.15, 0.2) is 0 Å². The third-order valence-corrected chi connectivity index (χ3v) is 3.45. The summed E-state index contributed by atoms with van der Waals surface area (Å²) in [6.07, 6.45) is -3.02. The number of hydrogen-bond donors (Lipinski definition) is 1. The Kier molecular flexibility index (Phi) is 4.51. The van der Waals surface area contributed by atoms with Crippen molar-refractivity contribution in [2.24, 2.45) is 0 Å². The molecule has 1 aliphatic rings. The Morgan fingerprint density at radius 1 is 1.33 bits per heavy atom. The number of nitrogens with one attached hydrogen (secondary N) is 1. The molecule has 0 saturated carbocycles. The van der Waals surface area contributed by atoms with E-state index in [0.29, 0.717) is 18.7 Å². The highest BCUT2D eigenvalue weighted by atomic mass is 19.4. The second-order valence-corrected chi connectivity index (χ2v) is 5.30. The molecule has 0 aromatic heterocycles. The van der Waals surface area contributed by atoms with Gasteiger partial charge < -0.3 is 10.2 Å². The minimum absolute atomic E-state index is 0.131. The zero-order chi connectivity index (χ0) is 15.6. The number of halogens is 4. The number of likely N-dealkylation sites (tertiary alicyclic amines) is 1. The molecule has 21 heavy (non-hydrogen) atoms. The third-order valence-electron chi connectivity index (χ3n) is 3.45. The van der Waals surface area contributed by atoms with Gasteiger partial charge in [-0.2, -0.15) is 13.2 Å². The first kappa shape index (κ1) is 15.8. The second kappa shape index (κ2) is 6.01. The average Bonchev–Trinajstić information content (AvgIpc) is 2.37. The summed E-state index contributed by atoms with van der Waals surface area (Å²) in [6, 6.07) is 1.74. The molecular formula is C14H16F4N2O. The Morgan fingerprint density at radius 2 is 2.05 bits per heavy atom. The van der Waals surface area contributed by atoms with E-state index in [1.54, 1.807) is 0 Å². The summed E-state index contributed by atoms with van der Waals surface area (Å²) < 4.78 is 51.1. The number of rotatable bonds is 2. The standard InChI is InChI=1S/C14H16F4N2O/c1-20-4-2-3-12(8-20)19-13(21)9-5-10(14(16,17)18)7-11(15)6-9/h5-7,12H,2-4,8H2,1H3,(H,19,21). The van der Waals surface area contributed by atoms with Crippen molar-refractivity contribution in [3.05, 3.63) is 35.1 Å². The Hall–Kier alpha value is -1.63. The highest BCUT2D eigenvalue weighted by molar-refractivity contribution is 5.94. The number of amides is 1. The number of alkyl halides is 3. The van der Waals surface area contributed by atoms with Crippen LogP contribution in [0, 0.1) is 5.82 Å². The van der Waals surface area contributed by atoms with Crippen molar-refractivity contribution in [3.63, 3.8) is 0 Å². The van der Waals surface area contributed by atoms with Gasteiger partial charge in [0.25, 0.3) is 5.91 Å². The molecule has 0 radical (unpaired) electrons. The molecule has 116 valence electrons. The van der Waals surface area contributed by atoms with Crippen LogP contribution in [-0.2, 0) is 6.18 Å². The van der Waals surface area contributed by atoms with Crippen LogP contribution in [0.15, 0.2) is 18.2 Å². The molecule has 1 fully saturated rings. The van der Waals surface area contributed by atoms with Crippen LogP contribution in [0.25, 0.3) is 0 Å². The lowest BCUT2D eigenvalue weighted by Crippen LogP contribution is -2.46. The minimum Gasteiger partial charge on any atom is -0.348 e. The summed E-state index contributed by atoms with van der Waals surface area (Å²) in [6.45, 7) is 1.55. The molecule has 1 heterocycles. The topological polar surface area (TPSA) is 32.3 Å². The largest absolute Gasteiger partial charge is 0.416 e. The van der Waals surface area contributed by atoms with E-state index in [4.69, 9.17) is 0 Å². The lowest BCUT2D eigenvalue weighted by atomic mass is 10.0. The van der Waals surface area contributed by atoms with Crippen LogP contribution in [0.3, 0.4) is 0 Å². The molecule has 0 bridgehead atoms. The number of nitrogens with zero attached hydrogens (tertiary/aromatic N) is 1. The smallest absolute Gasteiger partial charge is 0.348 e. The molecule has 1 amide bonds. The second-order valence-electron chi connectivity index (χ2n) is 5.30. The van der Waals surface area contributed by atoms with Crippen LogP contribution in [0.4, 0.5) is 17.6 Å². The van der Waals surface area contributed by atoms with E-state index < -0.39 is 23.5 Å². The summed E-state index contributed by atoms with van der Waals surface area (Å²) in [5.41, 5.74) is -1.47. The first-order valence-electron chi connectivity index (χ1n) is 6.63. The van der Waals surface area contributed by atoms with Gasteiger partial charge in [0.05, 0.1) is 5.56 Å². The van der Waals surface area contributed by atoms with E-state index >= 15 is 0 Å². The molecule has 1 aromatic carbocycles. The predicted molar refractivity (Wildman–Crippen MR) is 69.4 cm³/mol. The number of likely N-dealkylation sites (N-methyl/N-ethyl adjacent to an activating group) is 1. The average molecular weight is 304 g/mol. The monoisotopic (exact) mass is 304 g/mol. The number of hydrogen-bond acceptors (Lipinski definition) is 2. The van der Waals surface area contributed by atoms with Crippen molar-refractivity contribution in [2.45, 2.75) is 25.1 Å². The van der Waals surface area contributed by atoms with Gasteiger partial charge in [-0.3, -0.25) is 4.79 Å². The number of carbonyl (C=O) groups excluding carboxylic acids is 1. The number of benzene rings is 1. The SMILES string of the molecule is CN1CCCC(NC(=O)c2cc(F)cc(C(F)(F)F)c2)C1. The number of carbonyl (C=O) groups is 1. The van der Waals surface area contributed by atoms with Gasteiger partial charge in [-0.05, 0) is 44.6 Å². The van der Waals surface area contributed by atoms with Crippen LogP contribution in [0.1, 0.15) is 28.8 Å². The molecule has 0 spiro atoms. The Balaban J connectivity index is 2.13. The fraction of sp³-hybridized carbons (Fsp3) is 0.500. The van der Waals surface area contributed by atoms with Gasteiger partial charge in [-0.25, -0.2) is 4.39 Å². The summed E-state index contributed by atoms with van der Waals surface area (Å²) in [7, 11) is 1.91. The van der Waals surface area contributed by atoms with Crippen LogP contribution in [-0.4, -0.2) is 37.0 Å². The lowest BCUT2D eigenvalue weighted by Gasteiger charge is -2.30. The van der Waals surface area contributed by atoms with Crippen LogP contribution in [0.2, 0.25) is 0 Å². The van der Waals surface area contributed by atoms with Gasteiger partial charge in [0.2, 0.25) is 0 Å². The maximum absolute atomic E-state index is 13.3. The van der Waals surface area contributed by atoms with Gasteiger partial charge >= 0.3 is 6.18 Å². The van der Waals surface area contributed by atoms with E-state index in [0.717, 1.165) is 25.5 Å². The van der Waals surface area contributed by atoms with E-state index in [1.165, 1.54) is 0 Å². The lowest BCUT2D eigenvalue weighted by molar-refractivity contribution is -0.137. The van der Waals surface area contributed by atoms with Gasteiger partial charge in [-0.1, -0.05) is 0 Å². The molecule has 1 atom stereocenters. The van der Waals surface area contributed by atoms with E-state index in [9.17, 15) is 22.4 Å². The molecule has 2 rings (SSSR count). The molecule has 0 aliphatic carbocycles. The summed E-state index contributed by atoms with van der Waals surface area (Å²) in [5.74, 6) is -1.75. The first-order chi connectivity index (χ1) is 9.75. The van der Waals surface area contributed by atoms with Gasteiger partial charge in [0, 0.05) is 18.2 Å². The highest BCUT2D eigenvalue weighted by Crippen LogP contribution is 2.30. The van der Waals surface area contributed by atoms with Crippen LogP contribution < -0.4 is 5.32 Å². The maximum Gasteiger partial charge on any atom is 0.416 e. The zero-order valence-electron chi connectivity index (χ0n) is 11.5. The normalized spacial score (nSPS) is 20.3. The maximum atomic E-state index is 13.3. The van der Waals surface area contributed by atoms with Crippen molar-refractivity contribution < 1.29 is 22.4 Å². The summed E-state index contributed by atoms with van der Waals surface area (Å²) in [4.78, 5) is 14.0. The van der Waals surface area contributed by atoms with Crippen molar-refractivity contribution in [1.82, 2.24) is 10.2 Å². The van der Waals surface area contributed by atoms with Crippen molar-refractivity contribution >= 4 is 5.91 Å². The zero-order valence-corrected chi connectivity index (χ0v) is 11.5. The Bertz CT molecular complexity index is 530. The van der Waals surface area contributed by atoms with Crippen LogP contribution >= 0.6 is 0 Å². The fourth-order valence-electron chi connectivity index (χ4n) is 2.44. The van der Waals surface area contributed by atoms with Gasteiger partial charge in [-0.15, -0.1) is 0 Å². The number of piperidine rings is 1. The van der Waals surface area contributed by atoms with E-state index in [1.807, 2.05) is 11.9 Å². The molecule has 3 nitrogen and oxygen atoms in total. The predicted octanol–water partition coefficient (Wildman–Crippen LogP) is 2.67. The molecule has 1 aromatic rings. The third kappa shape index (κ3) is 4.17. The Morgan fingerprint density at radius 3 is 2.67 bits per heavy atom. The van der Waals surface area contributed by atoms with E-state index in [2.05, 4.69) is 5.32 Å². The first-order valence-corrected chi connectivity index (χ1v) is 6.63.